The minimum absolute atomic E-state index is 0.225. The van der Waals surface area contributed by atoms with Crippen LogP contribution >= 0.6 is 23.2 Å². The first-order valence-corrected chi connectivity index (χ1v) is 5.46. The van der Waals surface area contributed by atoms with Crippen LogP contribution in [-0.4, -0.2) is 18.3 Å². The average molecular weight is 257 g/mol. The number of hydrogen-bond acceptors (Lipinski definition) is 2. The van der Waals surface area contributed by atoms with Crippen LogP contribution in [-0.2, 0) is 0 Å². The molecular weight excluding hydrogens is 247 g/mol. The molecule has 3 nitrogen and oxygen atoms in total. The molecule has 0 aromatic heterocycles. The largest absolute Gasteiger partial charge is 0.396 e. The molecule has 1 N–H and O–H groups in total. The van der Waals surface area contributed by atoms with Gasteiger partial charge >= 0.3 is 0 Å². The molecule has 0 aliphatic rings. The highest BCUT2D eigenvalue weighted by molar-refractivity contribution is 6.42. The minimum atomic E-state index is -0.651. The van der Waals surface area contributed by atoms with E-state index in [-0.39, 0.29) is 13.2 Å². The molecule has 0 saturated carbocycles. The van der Waals surface area contributed by atoms with Crippen molar-refractivity contribution in [3.05, 3.63) is 33.8 Å². The zero-order valence-electron chi connectivity index (χ0n) is 8.40. The standard InChI is InChI=1S/C11H10Cl2N2O/c12-10-2-1-7(3-11(10)13)9(6-16)8(4-14)5-15/h1-3,8-9,16H,4,6H2. The van der Waals surface area contributed by atoms with Crippen LogP contribution in [0.25, 0.3) is 0 Å². The second-order valence-electron chi connectivity index (χ2n) is 3.38. The lowest BCUT2D eigenvalue weighted by molar-refractivity contribution is 0.243. The van der Waals surface area contributed by atoms with Crippen molar-refractivity contribution >= 4 is 23.2 Å². The molecule has 84 valence electrons. The van der Waals surface area contributed by atoms with Gasteiger partial charge in [0.1, 0.15) is 0 Å². The van der Waals surface area contributed by atoms with Crippen LogP contribution in [0.15, 0.2) is 18.2 Å². The highest BCUT2D eigenvalue weighted by Gasteiger charge is 2.22. The molecule has 0 spiro atoms. The number of aliphatic hydroxyl groups is 1. The van der Waals surface area contributed by atoms with E-state index in [4.69, 9.17) is 34.2 Å². The summed E-state index contributed by atoms with van der Waals surface area (Å²) < 4.78 is 0. The van der Waals surface area contributed by atoms with Crippen molar-refractivity contribution in [1.82, 2.24) is 5.73 Å². The number of nitrogens with zero attached hydrogens (tertiary/aromatic N) is 2. The van der Waals surface area contributed by atoms with Crippen LogP contribution in [0.5, 0.6) is 0 Å². The fourth-order valence-electron chi connectivity index (χ4n) is 1.47. The van der Waals surface area contributed by atoms with Crippen molar-refractivity contribution in [3.63, 3.8) is 0 Å². The first kappa shape index (κ1) is 13.3. The Morgan fingerprint density at radius 3 is 2.44 bits per heavy atom. The molecule has 1 aromatic carbocycles. The monoisotopic (exact) mass is 256 g/mol. The van der Waals surface area contributed by atoms with Crippen LogP contribution in [0.2, 0.25) is 10.0 Å². The fourth-order valence-corrected chi connectivity index (χ4v) is 1.77. The summed E-state index contributed by atoms with van der Waals surface area (Å²) in [5.41, 5.74) is 9.71. The van der Waals surface area contributed by atoms with E-state index < -0.39 is 11.8 Å². The number of benzene rings is 1. The number of hydrogen-bond donors (Lipinski definition) is 1. The van der Waals surface area contributed by atoms with Crippen molar-refractivity contribution in [1.29, 1.82) is 5.26 Å². The van der Waals surface area contributed by atoms with Gasteiger partial charge in [-0.1, -0.05) is 29.3 Å². The molecule has 0 saturated heterocycles. The van der Waals surface area contributed by atoms with Gasteiger partial charge in [0.2, 0.25) is 0 Å². The molecule has 2 atom stereocenters. The van der Waals surface area contributed by atoms with E-state index in [1.54, 1.807) is 18.2 Å². The Labute approximate surface area is 104 Å². The molecule has 1 rings (SSSR count). The van der Waals surface area contributed by atoms with Crippen molar-refractivity contribution in [3.8, 4) is 6.07 Å². The van der Waals surface area contributed by atoms with Crippen LogP contribution < -0.4 is 5.73 Å². The predicted molar refractivity (Wildman–Crippen MR) is 62.4 cm³/mol. The summed E-state index contributed by atoms with van der Waals surface area (Å²) in [4.78, 5) is 0. The SMILES string of the molecule is [N]CC(C#N)C(CO)c1ccc(Cl)c(Cl)c1. The summed E-state index contributed by atoms with van der Waals surface area (Å²) in [5.74, 6) is -1.10. The minimum Gasteiger partial charge on any atom is -0.396 e. The van der Waals surface area contributed by atoms with Gasteiger partial charge < -0.3 is 5.11 Å². The Morgan fingerprint density at radius 2 is 2.00 bits per heavy atom. The molecule has 2 radical (unpaired) electrons. The molecule has 2 unspecified atom stereocenters. The van der Waals surface area contributed by atoms with Gasteiger partial charge in [0, 0.05) is 12.5 Å². The van der Waals surface area contributed by atoms with Gasteiger partial charge in [-0.05, 0) is 17.7 Å². The van der Waals surface area contributed by atoms with Gasteiger partial charge in [-0.3, -0.25) is 0 Å². The van der Waals surface area contributed by atoms with Crippen molar-refractivity contribution in [2.75, 3.05) is 13.2 Å². The van der Waals surface area contributed by atoms with Gasteiger partial charge in [-0.2, -0.15) is 5.26 Å². The van der Waals surface area contributed by atoms with E-state index in [9.17, 15) is 5.11 Å². The Bertz CT molecular complexity index is 403. The molecule has 0 aliphatic heterocycles. The number of nitriles is 1. The zero-order chi connectivity index (χ0) is 12.1. The van der Waals surface area contributed by atoms with Crippen LogP contribution in [0, 0.1) is 17.2 Å². The third-order valence-electron chi connectivity index (χ3n) is 2.42. The van der Waals surface area contributed by atoms with Gasteiger partial charge in [0.25, 0.3) is 0 Å². The molecule has 0 heterocycles. The summed E-state index contributed by atoms with van der Waals surface area (Å²) in [6.07, 6.45) is 0. The van der Waals surface area contributed by atoms with E-state index in [2.05, 4.69) is 0 Å². The lowest BCUT2D eigenvalue weighted by Gasteiger charge is -2.18. The van der Waals surface area contributed by atoms with E-state index in [1.165, 1.54) is 0 Å². The topological polar surface area (TPSA) is 66.3 Å². The summed E-state index contributed by atoms with van der Waals surface area (Å²) in [6.45, 7) is -0.529. The Kier molecular flexibility index (Phi) is 5.04. The molecule has 16 heavy (non-hydrogen) atoms. The molecule has 0 bridgehead atoms. The second-order valence-corrected chi connectivity index (χ2v) is 4.20. The lowest BCUT2D eigenvalue weighted by Crippen LogP contribution is -2.19. The highest BCUT2D eigenvalue weighted by Crippen LogP contribution is 2.29. The van der Waals surface area contributed by atoms with Crippen LogP contribution in [0.1, 0.15) is 11.5 Å². The smallest absolute Gasteiger partial charge is 0.0710 e. The van der Waals surface area contributed by atoms with E-state index in [0.29, 0.717) is 15.6 Å². The quantitative estimate of drug-likeness (QED) is 0.899. The summed E-state index contributed by atoms with van der Waals surface area (Å²) in [5, 5.41) is 18.9. The molecule has 0 fully saturated rings. The molecule has 0 aliphatic carbocycles. The third kappa shape index (κ3) is 2.87. The predicted octanol–water partition coefficient (Wildman–Crippen LogP) is 2.28. The Hall–Kier alpha value is -0.790. The lowest BCUT2D eigenvalue weighted by atomic mass is 9.87. The van der Waals surface area contributed by atoms with Crippen LogP contribution in [0.3, 0.4) is 0 Å². The first-order chi connectivity index (χ1) is 7.63. The summed E-state index contributed by atoms with van der Waals surface area (Å²) in [7, 11) is 0. The van der Waals surface area contributed by atoms with E-state index in [1.807, 2.05) is 6.07 Å². The summed E-state index contributed by atoms with van der Waals surface area (Å²) in [6, 6.07) is 6.85. The maximum absolute atomic E-state index is 9.23. The van der Waals surface area contributed by atoms with E-state index in [0.717, 1.165) is 0 Å². The molecule has 5 heteroatoms. The maximum Gasteiger partial charge on any atom is 0.0710 e. The average Bonchev–Trinajstić information content (AvgIpc) is 2.29. The van der Waals surface area contributed by atoms with Crippen molar-refractivity contribution < 1.29 is 5.11 Å². The van der Waals surface area contributed by atoms with Gasteiger partial charge in [0.05, 0.1) is 28.6 Å². The van der Waals surface area contributed by atoms with Gasteiger partial charge in [-0.15, -0.1) is 5.73 Å². The van der Waals surface area contributed by atoms with Crippen LogP contribution in [0.4, 0.5) is 0 Å². The van der Waals surface area contributed by atoms with Gasteiger partial charge in [-0.25, -0.2) is 0 Å². The number of aliphatic hydroxyl groups excluding tert-OH is 1. The Morgan fingerprint density at radius 1 is 1.31 bits per heavy atom. The van der Waals surface area contributed by atoms with E-state index >= 15 is 0 Å². The molecule has 1 aromatic rings. The third-order valence-corrected chi connectivity index (χ3v) is 3.16. The van der Waals surface area contributed by atoms with Gasteiger partial charge in [0.15, 0.2) is 0 Å². The maximum atomic E-state index is 9.23. The molecule has 0 amide bonds. The Balaban J connectivity index is 3.04. The summed E-state index contributed by atoms with van der Waals surface area (Å²) >= 11 is 11.6. The number of rotatable bonds is 4. The zero-order valence-corrected chi connectivity index (χ0v) is 9.91. The highest BCUT2D eigenvalue weighted by atomic mass is 35.5. The number of halogens is 2. The first-order valence-electron chi connectivity index (χ1n) is 4.70. The van der Waals surface area contributed by atoms with Crippen molar-refractivity contribution in [2.45, 2.75) is 5.92 Å². The van der Waals surface area contributed by atoms with Crippen molar-refractivity contribution in [2.24, 2.45) is 5.92 Å². The molecular formula is C11H10Cl2N2O. The second kappa shape index (κ2) is 6.07. The normalized spacial score (nSPS) is 14.2. The fraction of sp³-hybridized carbons (Fsp3) is 0.364.